The highest BCUT2D eigenvalue weighted by Crippen LogP contribution is 2.46. The monoisotopic (exact) mass is 645 g/mol. The number of nitriles is 1. The van der Waals surface area contributed by atoms with Gasteiger partial charge in [0.25, 0.3) is 5.91 Å². The summed E-state index contributed by atoms with van der Waals surface area (Å²) < 4.78 is 47.2. The Labute approximate surface area is 264 Å². The number of alkyl halides is 3. The molecule has 2 heterocycles. The fourth-order valence-electron chi connectivity index (χ4n) is 5.86. The highest BCUT2D eigenvalue weighted by Gasteiger charge is 2.54. The number of nitrogens with zero attached hydrogens (tertiary/aromatic N) is 3. The number of ether oxygens (including phenoxy) is 1. The number of nitrogens with one attached hydrogen (secondary N) is 2. The molecule has 0 aromatic heterocycles. The zero-order valence-corrected chi connectivity index (χ0v) is 25.5. The molecule has 7 nitrogen and oxygen atoms in total. The molecule has 5 rings (SSSR count). The molecule has 2 N–H and O–H groups in total. The van der Waals surface area contributed by atoms with Crippen molar-refractivity contribution in [2.45, 2.75) is 37.3 Å². The van der Waals surface area contributed by atoms with E-state index in [1.807, 2.05) is 24.3 Å². The van der Waals surface area contributed by atoms with Gasteiger partial charge in [0.15, 0.2) is 5.66 Å². The van der Waals surface area contributed by atoms with E-state index >= 15 is 0 Å². The van der Waals surface area contributed by atoms with Gasteiger partial charge in [0.2, 0.25) is 0 Å². The van der Waals surface area contributed by atoms with Crippen molar-refractivity contribution in [1.82, 2.24) is 20.4 Å². The number of piperazine rings is 1. The summed E-state index contributed by atoms with van der Waals surface area (Å²) in [7, 11) is 0. The van der Waals surface area contributed by atoms with Crippen molar-refractivity contribution >= 4 is 29.1 Å². The standard InChI is InChI=1S/C32H32Cl2F3N5O2/c1-2-44-27-20-23(32(35,36)37)8-13-26(27)31(30(43)42-18-16-41(17-19-42)15-3-14-38)39-28(21-4-9-24(33)10-5-21)29(40-31)22-6-11-25(34)12-7-22/h4-13,20,28-29,39-40H,2-3,15-19H2,1H3. The predicted octanol–water partition coefficient (Wildman–Crippen LogP) is 6.30. The third-order valence-corrected chi connectivity index (χ3v) is 8.57. The fraction of sp³-hybridized carbons (Fsp3) is 0.375. The Kier molecular flexibility index (Phi) is 9.73. The Morgan fingerprint density at radius 3 is 1.98 bits per heavy atom. The van der Waals surface area contributed by atoms with Gasteiger partial charge in [-0.3, -0.25) is 20.3 Å². The van der Waals surface area contributed by atoms with Crippen molar-refractivity contribution < 1.29 is 22.7 Å². The summed E-state index contributed by atoms with van der Waals surface area (Å²) in [5, 5.41) is 17.1. The Bertz CT molecular complexity index is 1450. The lowest BCUT2D eigenvalue weighted by molar-refractivity contribution is -0.141. The number of rotatable bonds is 8. The van der Waals surface area contributed by atoms with Gasteiger partial charge in [-0.2, -0.15) is 18.4 Å². The minimum absolute atomic E-state index is 0.0463. The first-order valence-corrected chi connectivity index (χ1v) is 15.1. The molecule has 232 valence electrons. The van der Waals surface area contributed by atoms with Crippen molar-refractivity contribution in [3.63, 3.8) is 0 Å². The highest BCUT2D eigenvalue weighted by molar-refractivity contribution is 6.30. The lowest BCUT2D eigenvalue weighted by atomic mass is 9.94. The van der Waals surface area contributed by atoms with Gasteiger partial charge < -0.3 is 9.64 Å². The summed E-state index contributed by atoms with van der Waals surface area (Å²) in [6, 6.07) is 18.8. The smallest absolute Gasteiger partial charge is 0.416 e. The van der Waals surface area contributed by atoms with Gasteiger partial charge in [-0.25, -0.2) is 0 Å². The van der Waals surface area contributed by atoms with E-state index < -0.39 is 29.5 Å². The summed E-state index contributed by atoms with van der Waals surface area (Å²) in [5.74, 6) is -0.386. The average Bonchev–Trinajstić information content (AvgIpc) is 3.42. The number of hydrogen-bond donors (Lipinski definition) is 2. The van der Waals surface area contributed by atoms with Crippen LogP contribution in [0, 0.1) is 11.3 Å². The molecule has 12 heteroatoms. The highest BCUT2D eigenvalue weighted by atomic mass is 35.5. The molecule has 2 aliphatic rings. The van der Waals surface area contributed by atoms with Gasteiger partial charge >= 0.3 is 6.18 Å². The Hall–Kier alpha value is -3.33. The summed E-state index contributed by atoms with van der Waals surface area (Å²) in [4.78, 5) is 18.6. The van der Waals surface area contributed by atoms with Crippen LogP contribution < -0.4 is 15.4 Å². The molecule has 0 aliphatic carbocycles. The quantitative estimate of drug-likeness (QED) is 0.299. The molecule has 2 aliphatic heterocycles. The van der Waals surface area contributed by atoms with Gasteiger partial charge in [0.1, 0.15) is 5.75 Å². The van der Waals surface area contributed by atoms with Crippen LogP contribution in [-0.4, -0.2) is 55.0 Å². The number of amides is 1. The maximum Gasteiger partial charge on any atom is 0.416 e. The van der Waals surface area contributed by atoms with Crippen LogP contribution in [-0.2, 0) is 16.6 Å². The fourth-order valence-corrected chi connectivity index (χ4v) is 6.12. The molecule has 1 amide bonds. The second-order valence-electron chi connectivity index (χ2n) is 10.8. The van der Waals surface area contributed by atoms with E-state index in [9.17, 15) is 18.0 Å². The van der Waals surface area contributed by atoms with Crippen molar-refractivity contribution in [2.24, 2.45) is 0 Å². The minimum atomic E-state index is -4.60. The maximum atomic E-state index is 14.8. The van der Waals surface area contributed by atoms with E-state index in [2.05, 4.69) is 21.6 Å². The second kappa shape index (κ2) is 13.3. The number of carbonyl (C=O) groups is 1. The Morgan fingerprint density at radius 2 is 1.50 bits per heavy atom. The SMILES string of the molecule is CCOc1cc(C(F)(F)F)ccc1C1(C(=O)N2CCN(CCC#N)CC2)NC(c2ccc(Cl)cc2)C(c2ccc(Cl)cc2)N1. The molecular formula is C32H32Cl2F3N5O2. The molecular weight excluding hydrogens is 614 g/mol. The molecule has 2 atom stereocenters. The topological polar surface area (TPSA) is 80.6 Å². The van der Waals surface area contributed by atoms with E-state index in [4.69, 9.17) is 33.2 Å². The minimum Gasteiger partial charge on any atom is -0.493 e. The summed E-state index contributed by atoms with van der Waals surface area (Å²) in [6.07, 6.45) is -4.22. The van der Waals surface area contributed by atoms with Crippen molar-refractivity contribution in [3.05, 3.63) is 99.0 Å². The van der Waals surface area contributed by atoms with Gasteiger partial charge in [-0.1, -0.05) is 53.5 Å². The Morgan fingerprint density at radius 1 is 0.955 bits per heavy atom. The zero-order chi connectivity index (χ0) is 31.5. The van der Waals surface area contributed by atoms with Crippen molar-refractivity contribution in [3.8, 4) is 11.8 Å². The van der Waals surface area contributed by atoms with Gasteiger partial charge in [0, 0.05) is 54.8 Å². The van der Waals surface area contributed by atoms with Crippen LogP contribution in [0.2, 0.25) is 10.0 Å². The summed E-state index contributed by atoms with van der Waals surface area (Å²) in [6.45, 7) is 4.28. The number of hydrogen-bond acceptors (Lipinski definition) is 6. The third-order valence-electron chi connectivity index (χ3n) is 8.07. The van der Waals surface area contributed by atoms with Gasteiger partial charge in [0.05, 0.1) is 30.3 Å². The van der Waals surface area contributed by atoms with E-state index in [0.29, 0.717) is 49.2 Å². The molecule has 3 aromatic carbocycles. The van der Waals surface area contributed by atoms with Crippen molar-refractivity contribution in [1.29, 1.82) is 5.26 Å². The van der Waals surface area contributed by atoms with Crippen LogP contribution in [0.25, 0.3) is 0 Å². The zero-order valence-electron chi connectivity index (χ0n) is 24.0. The van der Waals surface area contributed by atoms with Crippen LogP contribution in [0.4, 0.5) is 13.2 Å². The van der Waals surface area contributed by atoms with Crippen LogP contribution in [0.1, 0.15) is 47.7 Å². The van der Waals surface area contributed by atoms with Gasteiger partial charge in [-0.05, 0) is 54.4 Å². The lowest BCUT2D eigenvalue weighted by Crippen LogP contribution is -2.62. The Balaban J connectivity index is 1.64. The van der Waals surface area contributed by atoms with Gasteiger partial charge in [-0.15, -0.1) is 0 Å². The maximum absolute atomic E-state index is 14.8. The largest absolute Gasteiger partial charge is 0.493 e. The average molecular weight is 647 g/mol. The first-order valence-electron chi connectivity index (χ1n) is 14.3. The van der Waals surface area contributed by atoms with E-state index in [0.717, 1.165) is 23.3 Å². The molecule has 2 fully saturated rings. The number of benzene rings is 3. The molecule has 0 spiro atoms. The number of halogens is 5. The van der Waals surface area contributed by atoms with Crippen molar-refractivity contribution in [2.75, 3.05) is 39.3 Å². The molecule has 3 aromatic rings. The first-order chi connectivity index (χ1) is 21.1. The molecule has 2 saturated heterocycles. The first kappa shape index (κ1) is 32.1. The van der Waals surface area contributed by atoms with Crippen LogP contribution in [0.15, 0.2) is 66.7 Å². The lowest BCUT2D eigenvalue weighted by Gasteiger charge is -2.40. The normalized spacial score (nSPS) is 22.5. The van der Waals surface area contributed by atoms with Crippen LogP contribution in [0.5, 0.6) is 5.75 Å². The van der Waals surface area contributed by atoms with Crippen LogP contribution >= 0.6 is 23.2 Å². The van der Waals surface area contributed by atoms with Crippen LogP contribution in [0.3, 0.4) is 0 Å². The summed E-state index contributed by atoms with van der Waals surface area (Å²) in [5.41, 5.74) is -0.636. The van der Waals surface area contributed by atoms with E-state index in [1.54, 1.807) is 36.1 Å². The molecule has 0 bridgehead atoms. The number of carbonyl (C=O) groups excluding carboxylic acids is 1. The molecule has 44 heavy (non-hydrogen) atoms. The molecule has 0 saturated carbocycles. The van der Waals surface area contributed by atoms with E-state index in [-0.39, 0.29) is 23.8 Å². The van der Waals surface area contributed by atoms with E-state index in [1.165, 1.54) is 6.07 Å². The third kappa shape index (κ3) is 6.67. The molecule has 0 radical (unpaired) electrons. The second-order valence-corrected chi connectivity index (χ2v) is 11.7. The summed E-state index contributed by atoms with van der Waals surface area (Å²) >= 11 is 12.4. The predicted molar refractivity (Wildman–Crippen MR) is 162 cm³/mol. The molecule has 2 unspecified atom stereocenters.